The van der Waals surface area contributed by atoms with Crippen molar-refractivity contribution in [1.82, 2.24) is 9.97 Å². The Bertz CT molecular complexity index is 1370. The lowest BCUT2D eigenvalue weighted by atomic mass is 10.1. The van der Waals surface area contributed by atoms with E-state index < -0.39 is 10.8 Å². The number of nitrogens with one attached hydrogen (secondary N) is 1. The van der Waals surface area contributed by atoms with Gasteiger partial charge in [-0.15, -0.1) is 0 Å². The predicted molar refractivity (Wildman–Crippen MR) is 126 cm³/mol. The number of hydrogen-bond acceptors (Lipinski definition) is 8. The third kappa shape index (κ3) is 4.28. The minimum atomic E-state index is -0.533. The molecule has 5 rings (SSSR count). The number of nitro benzene ring substituents is 1. The summed E-state index contributed by atoms with van der Waals surface area (Å²) >= 11 is 6.35. The van der Waals surface area contributed by atoms with Crippen molar-refractivity contribution in [3.8, 4) is 11.5 Å². The fourth-order valence-corrected chi connectivity index (χ4v) is 3.90. The van der Waals surface area contributed by atoms with Gasteiger partial charge in [-0.25, -0.2) is 4.98 Å². The maximum atomic E-state index is 13.3. The number of hydrogen-bond donors (Lipinski definition) is 1. The largest absolute Gasteiger partial charge is 0.434 e. The van der Waals surface area contributed by atoms with Gasteiger partial charge in [0.1, 0.15) is 0 Å². The maximum Gasteiger partial charge on any atom is 0.270 e. The molecular weight excluding hydrogens is 462 g/mol. The molecule has 1 saturated heterocycles. The molecule has 0 saturated carbocycles. The molecule has 1 amide bonds. The van der Waals surface area contributed by atoms with Gasteiger partial charge in [-0.1, -0.05) is 11.6 Å². The summed E-state index contributed by atoms with van der Waals surface area (Å²) in [4.78, 5) is 34.6. The Hall–Kier alpha value is -4.02. The van der Waals surface area contributed by atoms with Crippen molar-refractivity contribution >= 4 is 45.8 Å². The number of carbonyl (C=O) groups is 1. The molecule has 0 radical (unpaired) electrons. The van der Waals surface area contributed by atoms with E-state index in [4.69, 9.17) is 20.8 Å². The van der Waals surface area contributed by atoms with Crippen LogP contribution in [0.2, 0.25) is 5.02 Å². The Balaban J connectivity index is 1.48. The van der Waals surface area contributed by atoms with Crippen LogP contribution in [-0.2, 0) is 4.74 Å². The van der Waals surface area contributed by atoms with Gasteiger partial charge in [0.25, 0.3) is 11.6 Å². The van der Waals surface area contributed by atoms with Crippen LogP contribution in [0.1, 0.15) is 10.4 Å². The third-order valence-corrected chi connectivity index (χ3v) is 5.74. The zero-order valence-corrected chi connectivity index (χ0v) is 18.5. The van der Waals surface area contributed by atoms with Gasteiger partial charge in [-0.05, 0) is 36.4 Å². The lowest BCUT2D eigenvalue weighted by molar-refractivity contribution is -0.384. The molecular formula is C23H18ClN5O5. The van der Waals surface area contributed by atoms with Crippen molar-refractivity contribution in [2.45, 2.75) is 0 Å². The monoisotopic (exact) mass is 479 g/mol. The van der Waals surface area contributed by atoms with E-state index in [1.807, 2.05) is 4.90 Å². The van der Waals surface area contributed by atoms with Gasteiger partial charge in [0.2, 0.25) is 5.89 Å². The molecule has 11 heteroatoms. The molecule has 0 spiro atoms. The number of nitrogens with zero attached hydrogens (tertiary/aromatic N) is 4. The first-order chi connectivity index (χ1) is 16.5. The topological polar surface area (TPSA) is 124 Å². The summed E-state index contributed by atoms with van der Waals surface area (Å²) < 4.78 is 11.1. The summed E-state index contributed by atoms with van der Waals surface area (Å²) in [6.07, 6.45) is 1.62. The molecule has 2 aromatic heterocycles. The van der Waals surface area contributed by atoms with Crippen LogP contribution in [0.25, 0.3) is 22.7 Å². The highest BCUT2D eigenvalue weighted by Crippen LogP contribution is 2.32. The number of nitro groups is 1. The first-order valence-corrected chi connectivity index (χ1v) is 10.8. The molecule has 1 N–H and O–H groups in total. The number of morpholine rings is 1. The van der Waals surface area contributed by atoms with Crippen molar-refractivity contribution in [1.29, 1.82) is 0 Å². The molecule has 1 fully saturated rings. The Labute approximate surface area is 198 Å². The van der Waals surface area contributed by atoms with E-state index in [1.165, 1.54) is 12.1 Å². The quantitative estimate of drug-likeness (QED) is 0.327. The van der Waals surface area contributed by atoms with Crippen LogP contribution in [0.15, 0.2) is 59.1 Å². The van der Waals surface area contributed by atoms with Crippen molar-refractivity contribution in [3.05, 3.63) is 75.4 Å². The highest BCUT2D eigenvalue weighted by atomic mass is 35.5. The van der Waals surface area contributed by atoms with Crippen molar-refractivity contribution < 1.29 is 18.9 Å². The van der Waals surface area contributed by atoms with Gasteiger partial charge in [-0.3, -0.25) is 14.9 Å². The second-order valence-corrected chi connectivity index (χ2v) is 7.96. The van der Waals surface area contributed by atoms with Gasteiger partial charge in [0.05, 0.1) is 40.1 Å². The first kappa shape index (κ1) is 21.8. The second kappa shape index (κ2) is 9.08. The highest BCUT2D eigenvalue weighted by molar-refractivity contribution is 6.34. The molecule has 172 valence electrons. The summed E-state index contributed by atoms with van der Waals surface area (Å²) in [5.41, 5.74) is 2.48. The molecule has 34 heavy (non-hydrogen) atoms. The van der Waals surface area contributed by atoms with E-state index >= 15 is 0 Å². The molecule has 0 aliphatic carbocycles. The highest BCUT2D eigenvalue weighted by Gasteiger charge is 2.23. The molecule has 0 atom stereocenters. The fraction of sp³-hybridized carbons (Fsp3) is 0.174. The van der Waals surface area contributed by atoms with Gasteiger partial charge < -0.3 is 19.4 Å². The Kier molecular flexibility index (Phi) is 5.83. The van der Waals surface area contributed by atoms with Crippen LogP contribution in [0.3, 0.4) is 0 Å². The number of halogens is 1. The number of carbonyl (C=O) groups excluding carboxylic acids is 1. The van der Waals surface area contributed by atoms with E-state index in [1.54, 1.807) is 42.6 Å². The van der Waals surface area contributed by atoms with Gasteiger partial charge in [0, 0.05) is 37.0 Å². The van der Waals surface area contributed by atoms with Gasteiger partial charge in [0.15, 0.2) is 11.2 Å². The summed E-state index contributed by atoms with van der Waals surface area (Å²) in [6, 6.07) is 12.7. The smallest absolute Gasteiger partial charge is 0.270 e. The fourth-order valence-electron chi connectivity index (χ4n) is 3.74. The minimum absolute atomic E-state index is 0.170. The van der Waals surface area contributed by atoms with Gasteiger partial charge >= 0.3 is 0 Å². The molecule has 4 aromatic rings. The number of benzene rings is 2. The Morgan fingerprint density at radius 2 is 1.97 bits per heavy atom. The second-order valence-electron chi connectivity index (χ2n) is 7.55. The summed E-state index contributed by atoms with van der Waals surface area (Å²) in [7, 11) is 0. The average Bonchev–Trinajstić information content (AvgIpc) is 3.30. The van der Waals surface area contributed by atoms with E-state index in [9.17, 15) is 14.9 Å². The van der Waals surface area contributed by atoms with E-state index in [0.717, 1.165) is 0 Å². The number of anilines is 2. The standard InChI is InChI=1S/C23H18ClN5O5/c24-17-5-3-14(23-27-21-20(34-23)2-1-7-25-21)12-18(17)26-22(30)16-13-15(29(31)32)4-6-19(16)28-8-10-33-11-9-28/h1-7,12-13H,8-11H2,(H,26,30). The zero-order chi connectivity index (χ0) is 23.7. The molecule has 1 aliphatic heterocycles. The number of pyridine rings is 1. The lowest BCUT2D eigenvalue weighted by Crippen LogP contribution is -2.37. The number of amides is 1. The molecule has 0 bridgehead atoms. The lowest BCUT2D eigenvalue weighted by Gasteiger charge is -2.30. The van der Waals surface area contributed by atoms with Crippen molar-refractivity contribution in [2.24, 2.45) is 0 Å². The predicted octanol–water partition coefficient (Wildman–Crippen LogP) is 4.54. The summed E-state index contributed by atoms with van der Waals surface area (Å²) in [5, 5.41) is 14.4. The van der Waals surface area contributed by atoms with E-state index in [-0.39, 0.29) is 11.3 Å². The van der Waals surface area contributed by atoms with Crippen LogP contribution in [0.5, 0.6) is 0 Å². The molecule has 1 aliphatic rings. The number of oxazole rings is 1. The van der Waals surface area contributed by atoms with E-state index in [0.29, 0.717) is 65.4 Å². The average molecular weight is 480 g/mol. The van der Waals surface area contributed by atoms with Crippen LogP contribution in [0.4, 0.5) is 17.1 Å². The van der Waals surface area contributed by atoms with Gasteiger partial charge in [-0.2, -0.15) is 4.98 Å². The summed E-state index contributed by atoms with van der Waals surface area (Å²) in [6.45, 7) is 2.15. The van der Waals surface area contributed by atoms with Crippen LogP contribution >= 0.6 is 11.6 Å². The number of aromatic nitrogens is 2. The van der Waals surface area contributed by atoms with Crippen LogP contribution < -0.4 is 10.2 Å². The molecule has 10 nitrogen and oxygen atoms in total. The molecule has 3 heterocycles. The Morgan fingerprint density at radius 1 is 1.15 bits per heavy atom. The third-order valence-electron chi connectivity index (χ3n) is 5.41. The van der Waals surface area contributed by atoms with Crippen LogP contribution in [-0.4, -0.2) is 47.1 Å². The number of non-ortho nitro benzene ring substituents is 1. The van der Waals surface area contributed by atoms with E-state index in [2.05, 4.69) is 15.3 Å². The Morgan fingerprint density at radius 3 is 2.74 bits per heavy atom. The number of ether oxygens (including phenoxy) is 1. The number of fused-ring (bicyclic) bond motifs is 1. The molecule has 0 unspecified atom stereocenters. The molecule has 2 aromatic carbocycles. The van der Waals surface area contributed by atoms with Crippen molar-refractivity contribution in [3.63, 3.8) is 0 Å². The zero-order valence-electron chi connectivity index (χ0n) is 17.7. The van der Waals surface area contributed by atoms with Crippen LogP contribution in [0, 0.1) is 10.1 Å². The first-order valence-electron chi connectivity index (χ1n) is 10.4. The minimum Gasteiger partial charge on any atom is -0.434 e. The maximum absolute atomic E-state index is 13.3. The SMILES string of the molecule is O=C(Nc1cc(-c2nc3ncccc3o2)ccc1Cl)c1cc([N+](=O)[O-])ccc1N1CCOCC1. The summed E-state index contributed by atoms with van der Waals surface area (Å²) in [5.74, 6) is -0.200. The number of rotatable bonds is 5. The normalized spacial score (nSPS) is 13.7. The van der Waals surface area contributed by atoms with Crippen molar-refractivity contribution in [2.75, 3.05) is 36.5 Å².